The van der Waals surface area contributed by atoms with Crippen LogP contribution in [-0.4, -0.2) is 39.8 Å². The van der Waals surface area contributed by atoms with E-state index in [0.29, 0.717) is 0 Å². The largest absolute Gasteiger partial charge is 0.472 e. The van der Waals surface area contributed by atoms with Crippen LogP contribution in [0.15, 0.2) is 36.4 Å². The first kappa shape index (κ1) is 19.7. The van der Waals surface area contributed by atoms with E-state index in [-0.39, 0.29) is 22.8 Å². The number of fused-ring (bicyclic) bond motifs is 1. The number of nitro groups is 1. The number of rotatable bonds is 5. The molecule has 2 aromatic rings. The highest BCUT2D eigenvalue weighted by Gasteiger charge is 2.45. The molecular formula is C18H17N5O6. The number of hydrogen-bond donors (Lipinski definition) is 2. The molecule has 11 heteroatoms. The van der Waals surface area contributed by atoms with Crippen LogP contribution in [0.25, 0.3) is 0 Å². The van der Waals surface area contributed by atoms with Crippen molar-refractivity contribution in [3.8, 4) is 5.75 Å². The monoisotopic (exact) mass is 399 g/mol. The molecule has 0 saturated heterocycles. The van der Waals surface area contributed by atoms with Gasteiger partial charge in [0.2, 0.25) is 5.91 Å². The van der Waals surface area contributed by atoms with Crippen LogP contribution in [-0.2, 0) is 9.59 Å². The normalized spacial score (nSPS) is 14.6. The molecular weight excluding hydrogens is 382 g/mol. The lowest BCUT2D eigenvalue weighted by atomic mass is 10.1. The molecule has 1 aromatic heterocycles. The molecule has 1 aliphatic heterocycles. The molecule has 0 radical (unpaired) electrons. The van der Waals surface area contributed by atoms with Gasteiger partial charge in [-0.2, -0.15) is 0 Å². The fourth-order valence-corrected chi connectivity index (χ4v) is 2.83. The zero-order valence-electron chi connectivity index (χ0n) is 15.5. The highest BCUT2D eigenvalue weighted by molar-refractivity contribution is 6.09. The third-order valence-electron chi connectivity index (χ3n) is 4.16. The average molecular weight is 399 g/mol. The Labute approximate surface area is 164 Å². The summed E-state index contributed by atoms with van der Waals surface area (Å²) in [6.45, 7) is 2.51. The molecule has 3 amide bonds. The van der Waals surface area contributed by atoms with Crippen molar-refractivity contribution < 1.29 is 24.0 Å². The predicted octanol–water partition coefficient (Wildman–Crippen LogP) is 1.23. The van der Waals surface area contributed by atoms with Gasteiger partial charge in [-0.05, 0) is 42.0 Å². The van der Waals surface area contributed by atoms with E-state index in [1.807, 2.05) is 0 Å². The van der Waals surface area contributed by atoms with Gasteiger partial charge in [0, 0.05) is 6.07 Å². The summed E-state index contributed by atoms with van der Waals surface area (Å²) in [6, 6.07) is 8.59. The number of amides is 3. The van der Waals surface area contributed by atoms with Gasteiger partial charge < -0.3 is 25.9 Å². The zero-order valence-corrected chi connectivity index (χ0v) is 15.5. The highest BCUT2D eigenvalue weighted by Crippen LogP contribution is 2.37. The number of anilines is 2. The Bertz CT molecular complexity index is 1040. The molecule has 0 saturated carbocycles. The van der Waals surface area contributed by atoms with Crippen molar-refractivity contribution in [3.63, 3.8) is 0 Å². The number of nitrogens with one attached hydrogen (secondary N) is 1. The van der Waals surface area contributed by atoms with E-state index < -0.39 is 40.6 Å². The smallest absolute Gasteiger partial charge is 0.366 e. The number of primary amides is 1. The van der Waals surface area contributed by atoms with Crippen molar-refractivity contribution in [1.82, 2.24) is 4.98 Å². The van der Waals surface area contributed by atoms with Crippen LogP contribution in [0.4, 0.5) is 17.3 Å². The number of para-hydroxylation sites is 1. The molecule has 0 spiro atoms. The Balaban J connectivity index is 1.92. The summed E-state index contributed by atoms with van der Waals surface area (Å²) in [6.07, 6.45) is 0. The molecule has 3 rings (SSSR count). The van der Waals surface area contributed by atoms with Gasteiger partial charge in [-0.1, -0.05) is 12.1 Å². The molecule has 1 aliphatic rings. The van der Waals surface area contributed by atoms with Crippen LogP contribution in [0.1, 0.15) is 24.2 Å². The summed E-state index contributed by atoms with van der Waals surface area (Å²) in [5.74, 6) is -2.48. The van der Waals surface area contributed by atoms with Gasteiger partial charge >= 0.3 is 5.82 Å². The second-order valence-corrected chi connectivity index (χ2v) is 6.71. The van der Waals surface area contributed by atoms with Crippen LogP contribution in [0.5, 0.6) is 5.75 Å². The quantitative estimate of drug-likeness (QED) is 0.565. The third kappa shape index (κ3) is 3.83. The average Bonchev–Trinajstić information content (AvgIpc) is 2.65. The number of pyridine rings is 1. The van der Waals surface area contributed by atoms with Crippen molar-refractivity contribution in [2.75, 3.05) is 16.8 Å². The fourth-order valence-electron chi connectivity index (χ4n) is 2.83. The zero-order chi connectivity index (χ0) is 21.3. The summed E-state index contributed by atoms with van der Waals surface area (Å²) in [7, 11) is 0. The molecule has 0 fully saturated rings. The number of nitrogens with zero attached hydrogens (tertiary/aromatic N) is 3. The number of carbonyl (C=O) groups excluding carboxylic acids is 3. The standard InChI is InChI=1S/C18H17N5O6/c1-18(2)17(26)22(16-12(29-18)7-8-13(21-16)23(27)28)9-14(24)20-11-6-4-3-5-10(11)15(19)25/h3-8H,9H2,1-2H3,(H2,19,25)(H,20,24). The van der Waals surface area contributed by atoms with Gasteiger partial charge in [0.1, 0.15) is 6.54 Å². The van der Waals surface area contributed by atoms with Crippen molar-refractivity contribution in [2.24, 2.45) is 5.73 Å². The molecule has 0 atom stereocenters. The van der Waals surface area contributed by atoms with Gasteiger partial charge in [0.05, 0.1) is 11.3 Å². The van der Waals surface area contributed by atoms with Crippen molar-refractivity contribution in [3.05, 3.63) is 52.1 Å². The van der Waals surface area contributed by atoms with E-state index in [9.17, 15) is 24.5 Å². The van der Waals surface area contributed by atoms with Crippen LogP contribution in [0.3, 0.4) is 0 Å². The molecule has 2 heterocycles. The Morgan fingerprint density at radius 2 is 1.97 bits per heavy atom. The van der Waals surface area contributed by atoms with Crippen LogP contribution in [0, 0.1) is 10.1 Å². The van der Waals surface area contributed by atoms with E-state index in [2.05, 4.69) is 10.3 Å². The van der Waals surface area contributed by atoms with E-state index in [4.69, 9.17) is 10.5 Å². The summed E-state index contributed by atoms with van der Waals surface area (Å²) in [5.41, 5.74) is 4.26. The molecule has 0 aliphatic carbocycles. The summed E-state index contributed by atoms with van der Waals surface area (Å²) >= 11 is 0. The highest BCUT2D eigenvalue weighted by atomic mass is 16.6. The molecule has 1 aromatic carbocycles. The number of benzene rings is 1. The minimum atomic E-state index is -1.31. The summed E-state index contributed by atoms with van der Waals surface area (Å²) in [5, 5.41) is 13.6. The minimum Gasteiger partial charge on any atom is -0.472 e. The SMILES string of the molecule is CC1(C)Oc2ccc([N+](=O)[O-])nc2N(CC(=O)Nc2ccccc2C(N)=O)C1=O. The lowest BCUT2D eigenvalue weighted by Gasteiger charge is -2.35. The van der Waals surface area contributed by atoms with E-state index >= 15 is 0 Å². The molecule has 150 valence electrons. The second kappa shape index (κ2) is 7.19. The molecule has 3 N–H and O–H groups in total. The van der Waals surface area contributed by atoms with E-state index in [1.54, 1.807) is 12.1 Å². The molecule has 0 bridgehead atoms. The lowest BCUT2D eigenvalue weighted by molar-refractivity contribution is -0.389. The first-order valence-electron chi connectivity index (χ1n) is 8.45. The number of aromatic nitrogens is 1. The summed E-state index contributed by atoms with van der Waals surface area (Å²) < 4.78 is 5.58. The van der Waals surface area contributed by atoms with Crippen LogP contribution >= 0.6 is 0 Å². The van der Waals surface area contributed by atoms with E-state index in [0.717, 1.165) is 11.0 Å². The van der Waals surface area contributed by atoms with Gasteiger partial charge in [-0.15, -0.1) is 0 Å². The van der Waals surface area contributed by atoms with Crippen LogP contribution < -0.4 is 20.7 Å². The van der Waals surface area contributed by atoms with Crippen molar-refractivity contribution in [1.29, 1.82) is 0 Å². The van der Waals surface area contributed by atoms with Crippen molar-refractivity contribution in [2.45, 2.75) is 19.4 Å². The third-order valence-corrected chi connectivity index (χ3v) is 4.16. The van der Waals surface area contributed by atoms with Gasteiger partial charge in [-0.25, -0.2) is 0 Å². The number of carbonyl (C=O) groups is 3. The fraction of sp³-hybridized carbons (Fsp3) is 0.222. The van der Waals surface area contributed by atoms with Gasteiger partial charge in [-0.3, -0.25) is 19.3 Å². The topological polar surface area (TPSA) is 158 Å². The number of ether oxygens (including phenoxy) is 1. The Morgan fingerprint density at radius 3 is 2.62 bits per heavy atom. The maximum atomic E-state index is 12.8. The van der Waals surface area contributed by atoms with Crippen molar-refractivity contribution >= 4 is 35.0 Å². The predicted molar refractivity (Wildman–Crippen MR) is 102 cm³/mol. The molecule has 11 nitrogen and oxygen atoms in total. The Kier molecular flexibility index (Phi) is 4.89. The second-order valence-electron chi connectivity index (χ2n) is 6.71. The number of hydrogen-bond acceptors (Lipinski definition) is 7. The number of nitrogens with two attached hydrogens (primary N) is 1. The first-order valence-corrected chi connectivity index (χ1v) is 8.45. The van der Waals surface area contributed by atoms with E-state index in [1.165, 1.54) is 32.0 Å². The summed E-state index contributed by atoms with van der Waals surface area (Å²) in [4.78, 5) is 52.1. The maximum Gasteiger partial charge on any atom is 0.366 e. The lowest BCUT2D eigenvalue weighted by Crippen LogP contribution is -2.54. The molecule has 29 heavy (non-hydrogen) atoms. The van der Waals surface area contributed by atoms with Gasteiger partial charge in [0.15, 0.2) is 11.4 Å². The minimum absolute atomic E-state index is 0.101. The Morgan fingerprint density at radius 1 is 1.28 bits per heavy atom. The maximum absolute atomic E-state index is 12.8. The Hall–Kier alpha value is -4.02. The molecule has 0 unspecified atom stereocenters. The van der Waals surface area contributed by atoms with Crippen LogP contribution in [0.2, 0.25) is 0 Å². The van der Waals surface area contributed by atoms with Gasteiger partial charge in [0.25, 0.3) is 17.6 Å². The first-order chi connectivity index (χ1) is 13.6.